The molecule has 25 heavy (non-hydrogen) atoms. The van der Waals surface area contributed by atoms with E-state index < -0.39 is 4.92 Å². The molecule has 0 aliphatic carbocycles. The van der Waals surface area contributed by atoms with Crippen molar-refractivity contribution in [2.75, 3.05) is 32.8 Å². The van der Waals surface area contributed by atoms with E-state index in [2.05, 4.69) is 11.5 Å². The summed E-state index contributed by atoms with van der Waals surface area (Å²) in [5, 5.41) is 10.9. The first kappa shape index (κ1) is 18.7. The Kier molecular flexibility index (Phi) is 6.35. The number of carbonyl (C=O) groups excluding carboxylic acids is 1. The summed E-state index contributed by atoms with van der Waals surface area (Å²) in [5.74, 6) is 0. The molecule has 1 unspecified atom stereocenters. The van der Waals surface area contributed by atoms with Crippen LogP contribution in [0.1, 0.15) is 12.5 Å². The largest absolute Gasteiger partial charge is 0.450 e. The van der Waals surface area contributed by atoms with Crippen molar-refractivity contribution in [2.45, 2.75) is 19.4 Å². The van der Waals surface area contributed by atoms with Crippen LogP contribution in [0.3, 0.4) is 0 Å². The quantitative estimate of drug-likeness (QED) is 0.621. The van der Waals surface area contributed by atoms with Crippen LogP contribution in [0.25, 0.3) is 0 Å². The zero-order chi connectivity index (χ0) is 18.4. The SMILES string of the molecule is C=C(C(N)Cc1cccc([N+](=O)[O-])c1)N1CCN(C(=O)OCC)CC1. The molecule has 136 valence electrons. The van der Waals surface area contributed by atoms with E-state index in [1.807, 2.05) is 6.07 Å². The van der Waals surface area contributed by atoms with Crippen molar-refractivity contribution in [3.63, 3.8) is 0 Å². The molecule has 2 N–H and O–H groups in total. The van der Waals surface area contributed by atoms with Gasteiger partial charge in [-0.1, -0.05) is 18.7 Å². The third-order valence-corrected chi connectivity index (χ3v) is 4.22. The minimum Gasteiger partial charge on any atom is -0.450 e. The fourth-order valence-corrected chi connectivity index (χ4v) is 2.79. The van der Waals surface area contributed by atoms with Crippen LogP contribution in [-0.2, 0) is 11.2 Å². The summed E-state index contributed by atoms with van der Waals surface area (Å²) in [6.07, 6.45) is 0.173. The van der Waals surface area contributed by atoms with E-state index in [0.717, 1.165) is 11.3 Å². The summed E-state index contributed by atoms with van der Waals surface area (Å²) in [4.78, 5) is 25.9. The number of carbonyl (C=O) groups is 1. The highest BCUT2D eigenvalue weighted by molar-refractivity contribution is 5.67. The predicted octanol–water partition coefficient (Wildman–Crippen LogP) is 1.75. The number of hydrogen-bond donors (Lipinski definition) is 1. The Hall–Kier alpha value is -2.61. The van der Waals surface area contributed by atoms with Crippen LogP contribution in [0.5, 0.6) is 0 Å². The lowest BCUT2D eigenvalue weighted by atomic mass is 10.0. The van der Waals surface area contributed by atoms with Gasteiger partial charge in [-0.3, -0.25) is 10.1 Å². The lowest BCUT2D eigenvalue weighted by molar-refractivity contribution is -0.384. The number of rotatable bonds is 6. The number of nitrogens with zero attached hydrogens (tertiary/aromatic N) is 3. The smallest absolute Gasteiger partial charge is 0.409 e. The third kappa shape index (κ3) is 4.93. The van der Waals surface area contributed by atoms with Gasteiger partial charge in [0.15, 0.2) is 0 Å². The van der Waals surface area contributed by atoms with Gasteiger partial charge >= 0.3 is 6.09 Å². The molecule has 0 aromatic heterocycles. The lowest BCUT2D eigenvalue weighted by Gasteiger charge is -2.38. The van der Waals surface area contributed by atoms with Gasteiger partial charge in [0.25, 0.3) is 5.69 Å². The number of benzene rings is 1. The Labute approximate surface area is 147 Å². The summed E-state index contributed by atoms with van der Waals surface area (Å²) >= 11 is 0. The average molecular weight is 348 g/mol. The Bertz CT molecular complexity index is 641. The molecular formula is C17H24N4O4. The average Bonchev–Trinajstić information content (AvgIpc) is 2.61. The molecule has 1 saturated heterocycles. The van der Waals surface area contributed by atoms with E-state index in [9.17, 15) is 14.9 Å². The molecule has 1 aliphatic rings. The van der Waals surface area contributed by atoms with Gasteiger partial charge in [0.2, 0.25) is 0 Å². The van der Waals surface area contributed by atoms with Crippen molar-refractivity contribution >= 4 is 11.8 Å². The van der Waals surface area contributed by atoms with Gasteiger partial charge in [-0.05, 0) is 18.9 Å². The second-order valence-corrected chi connectivity index (χ2v) is 5.90. The summed E-state index contributed by atoms with van der Waals surface area (Å²) in [7, 11) is 0. The summed E-state index contributed by atoms with van der Waals surface area (Å²) in [6, 6.07) is 6.13. The van der Waals surface area contributed by atoms with Crippen LogP contribution in [-0.4, -0.2) is 59.6 Å². The highest BCUT2D eigenvalue weighted by atomic mass is 16.6. The first-order valence-corrected chi connectivity index (χ1v) is 8.26. The number of ether oxygens (including phenoxy) is 1. The van der Waals surface area contributed by atoms with E-state index in [1.54, 1.807) is 17.9 Å². The van der Waals surface area contributed by atoms with Crippen molar-refractivity contribution in [1.29, 1.82) is 0 Å². The van der Waals surface area contributed by atoms with Crippen LogP contribution in [0.2, 0.25) is 0 Å². The van der Waals surface area contributed by atoms with Crippen molar-refractivity contribution < 1.29 is 14.5 Å². The van der Waals surface area contributed by atoms with Crippen molar-refractivity contribution in [1.82, 2.24) is 9.80 Å². The first-order valence-electron chi connectivity index (χ1n) is 8.26. The molecular weight excluding hydrogens is 324 g/mol. The van der Waals surface area contributed by atoms with Crippen LogP contribution in [0.4, 0.5) is 10.5 Å². The Morgan fingerprint density at radius 1 is 1.36 bits per heavy atom. The number of amides is 1. The van der Waals surface area contributed by atoms with Gasteiger partial charge in [0, 0.05) is 50.1 Å². The summed E-state index contributed by atoms with van der Waals surface area (Å²) in [5.41, 5.74) is 7.86. The van der Waals surface area contributed by atoms with Gasteiger partial charge < -0.3 is 20.3 Å². The molecule has 1 heterocycles. The van der Waals surface area contributed by atoms with Crippen molar-refractivity contribution in [3.8, 4) is 0 Å². The second kappa shape index (κ2) is 8.48. The first-order chi connectivity index (χ1) is 11.9. The summed E-state index contributed by atoms with van der Waals surface area (Å²) < 4.78 is 5.00. The molecule has 1 aromatic rings. The predicted molar refractivity (Wildman–Crippen MR) is 94.1 cm³/mol. The molecule has 0 spiro atoms. The normalized spacial score (nSPS) is 15.6. The van der Waals surface area contributed by atoms with Gasteiger partial charge in [-0.2, -0.15) is 0 Å². The monoisotopic (exact) mass is 348 g/mol. The number of nitrogens with two attached hydrogens (primary N) is 1. The number of piperazine rings is 1. The van der Waals surface area contributed by atoms with Crippen molar-refractivity contribution in [2.24, 2.45) is 5.73 Å². The number of nitro groups is 1. The zero-order valence-electron chi connectivity index (χ0n) is 14.4. The Balaban J connectivity index is 1.89. The molecule has 8 nitrogen and oxygen atoms in total. The molecule has 1 amide bonds. The molecule has 0 radical (unpaired) electrons. The van der Waals surface area contributed by atoms with E-state index in [-0.39, 0.29) is 17.8 Å². The Morgan fingerprint density at radius 3 is 2.60 bits per heavy atom. The minimum atomic E-state index is -0.418. The highest BCUT2D eigenvalue weighted by Crippen LogP contribution is 2.18. The maximum Gasteiger partial charge on any atom is 0.409 e. The van der Waals surface area contributed by atoms with Gasteiger partial charge in [0.05, 0.1) is 11.5 Å². The van der Waals surface area contributed by atoms with Crippen LogP contribution in [0.15, 0.2) is 36.5 Å². The molecule has 1 aromatic carbocycles. The molecule has 1 atom stereocenters. The maximum absolute atomic E-state index is 11.7. The maximum atomic E-state index is 11.7. The fourth-order valence-electron chi connectivity index (χ4n) is 2.79. The second-order valence-electron chi connectivity index (χ2n) is 5.90. The van der Waals surface area contributed by atoms with Crippen molar-refractivity contribution in [3.05, 3.63) is 52.2 Å². The fraction of sp³-hybridized carbons (Fsp3) is 0.471. The van der Waals surface area contributed by atoms with Crippen LogP contribution in [0, 0.1) is 10.1 Å². The number of nitro benzene ring substituents is 1. The molecule has 1 aliphatic heterocycles. The van der Waals surface area contributed by atoms with E-state index >= 15 is 0 Å². The van der Waals surface area contributed by atoms with Crippen LogP contribution >= 0.6 is 0 Å². The van der Waals surface area contributed by atoms with Gasteiger partial charge in [-0.25, -0.2) is 4.79 Å². The van der Waals surface area contributed by atoms with E-state index in [4.69, 9.17) is 10.5 Å². The minimum absolute atomic E-state index is 0.0540. The van der Waals surface area contributed by atoms with E-state index in [0.29, 0.717) is 39.2 Å². The number of hydrogen-bond acceptors (Lipinski definition) is 6. The molecule has 0 saturated carbocycles. The molecule has 0 bridgehead atoms. The molecule has 1 fully saturated rings. The van der Waals surface area contributed by atoms with Crippen LogP contribution < -0.4 is 5.73 Å². The topological polar surface area (TPSA) is 102 Å². The third-order valence-electron chi connectivity index (χ3n) is 4.22. The van der Waals surface area contributed by atoms with Gasteiger partial charge in [0.1, 0.15) is 0 Å². The molecule has 8 heteroatoms. The number of non-ortho nitro benzene ring substituents is 1. The summed E-state index contributed by atoms with van der Waals surface area (Å²) in [6.45, 7) is 8.60. The Morgan fingerprint density at radius 2 is 2.00 bits per heavy atom. The standard InChI is InChI=1S/C17H24N4O4/c1-3-25-17(22)20-9-7-19(8-10-20)13(2)16(18)12-14-5-4-6-15(11-14)21(23)24/h4-6,11,16H,2-3,7-10,12,18H2,1H3. The highest BCUT2D eigenvalue weighted by Gasteiger charge is 2.24. The zero-order valence-corrected chi connectivity index (χ0v) is 14.4. The lowest BCUT2D eigenvalue weighted by Crippen LogP contribution is -2.50. The van der Waals surface area contributed by atoms with E-state index in [1.165, 1.54) is 12.1 Å². The molecule has 2 rings (SSSR count). The van der Waals surface area contributed by atoms with Gasteiger partial charge in [-0.15, -0.1) is 0 Å².